The molecule has 0 saturated heterocycles. The molecule has 90 valence electrons. The van der Waals surface area contributed by atoms with Crippen LogP contribution in [0, 0.1) is 0 Å². The molecule has 3 heteroatoms. The second-order valence-corrected chi connectivity index (χ2v) is 4.75. The van der Waals surface area contributed by atoms with Crippen molar-refractivity contribution in [2.24, 2.45) is 0 Å². The minimum atomic E-state index is -0.383. The Hall–Kier alpha value is -0.540. The fraction of sp³-hybridized carbons (Fsp3) is 0.538. The van der Waals surface area contributed by atoms with Crippen LogP contribution in [0.3, 0.4) is 0 Å². The van der Waals surface area contributed by atoms with Crippen LogP contribution < -0.4 is 4.74 Å². The minimum absolute atomic E-state index is 0.383. The Labute approximate surface area is 106 Å². The first kappa shape index (κ1) is 13.5. The molecule has 0 fully saturated rings. The van der Waals surface area contributed by atoms with E-state index in [1.54, 1.807) is 7.11 Å². The van der Waals surface area contributed by atoms with Crippen LogP contribution in [-0.4, -0.2) is 12.2 Å². The first-order valence-electron chi connectivity index (χ1n) is 5.70. The van der Waals surface area contributed by atoms with E-state index in [4.69, 9.17) is 4.74 Å². The molecule has 2 nitrogen and oxygen atoms in total. The standard InChI is InChI=1S/C13H19BrO2/c1-3-4-5-6-13(15)11-8-7-10(16-2)9-12(11)14/h7-9,13,15H,3-6H2,1-2H3. The third-order valence-electron chi connectivity index (χ3n) is 2.65. The van der Waals surface area contributed by atoms with Gasteiger partial charge in [-0.3, -0.25) is 0 Å². The van der Waals surface area contributed by atoms with Gasteiger partial charge in [0.2, 0.25) is 0 Å². The van der Waals surface area contributed by atoms with Crippen LogP contribution >= 0.6 is 15.9 Å². The highest BCUT2D eigenvalue weighted by molar-refractivity contribution is 9.10. The summed E-state index contributed by atoms with van der Waals surface area (Å²) in [6.07, 6.45) is 3.85. The van der Waals surface area contributed by atoms with E-state index < -0.39 is 0 Å². The fourth-order valence-corrected chi connectivity index (χ4v) is 2.27. The normalized spacial score (nSPS) is 12.5. The van der Waals surface area contributed by atoms with E-state index >= 15 is 0 Å². The van der Waals surface area contributed by atoms with Gasteiger partial charge in [0.05, 0.1) is 13.2 Å². The molecule has 0 spiro atoms. The summed E-state index contributed by atoms with van der Waals surface area (Å²) in [5.41, 5.74) is 0.942. The number of rotatable bonds is 6. The van der Waals surface area contributed by atoms with Crippen molar-refractivity contribution in [3.63, 3.8) is 0 Å². The van der Waals surface area contributed by atoms with E-state index in [0.29, 0.717) is 0 Å². The molecule has 0 aliphatic rings. The van der Waals surface area contributed by atoms with E-state index in [-0.39, 0.29) is 6.10 Å². The SMILES string of the molecule is CCCCCC(O)c1ccc(OC)cc1Br. The summed E-state index contributed by atoms with van der Waals surface area (Å²) >= 11 is 3.46. The first-order chi connectivity index (χ1) is 7.69. The van der Waals surface area contributed by atoms with Gasteiger partial charge >= 0.3 is 0 Å². The van der Waals surface area contributed by atoms with E-state index in [1.165, 1.54) is 12.8 Å². The summed E-state index contributed by atoms with van der Waals surface area (Å²) < 4.78 is 6.03. The predicted octanol–water partition coefficient (Wildman–Crippen LogP) is 4.07. The molecule has 0 aromatic heterocycles. The van der Waals surface area contributed by atoms with Crippen LogP contribution in [0.5, 0.6) is 5.75 Å². The van der Waals surface area contributed by atoms with E-state index in [2.05, 4.69) is 22.9 Å². The average molecular weight is 287 g/mol. The summed E-state index contributed by atoms with van der Waals surface area (Å²) in [6, 6.07) is 5.68. The lowest BCUT2D eigenvalue weighted by Crippen LogP contribution is -1.99. The Morgan fingerprint density at radius 3 is 2.69 bits per heavy atom. The van der Waals surface area contributed by atoms with Gasteiger partial charge in [-0.05, 0) is 24.1 Å². The summed E-state index contributed by atoms with van der Waals surface area (Å²) in [6.45, 7) is 2.16. The number of hydrogen-bond donors (Lipinski definition) is 1. The van der Waals surface area contributed by atoms with Crippen molar-refractivity contribution in [3.8, 4) is 5.75 Å². The van der Waals surface area contributed by atoms with Crippen LogP contribution in [0.15, 0.2) is 22.7 Å². The smallest absolute Gasteiger partial charge is 0.120 e. The van der Waals surface area contributed by atoms with Gasteiger partial charge in [-0.15, -0.1) is 0 Å². The molecule has 0 radical (unpaired) electrons. The van der Waals surface area contributed by atoms with Crippen molar-refractivity contribution >= 4 is 15.9 Å². The van der Waals surface area contributed by atoms with E-state index in [9.17, 15) is 5.11 Å². The fourth-order valence-electron chi connectivity index (χ4n) is 1.65. The predicted molar refractivity (Wildman–Crippen MR) is 69.8 cm³/mol. The number of benzene rings is 1. The van der Waals surface area contributed by atoms with Crippen molar-refractivity contribution in [3.05, 3.63) is 28.2 Å². The maximum atomic E-state index is 10.0. The maximum Gasteiger partial charge on any atom is 0.120 e. The van der Waals surface area contributed by atoms with Crippen molar-refractivity contribution < 1.29 is 9.84 Å². The molecule has 0 amide bonds. The lowest BCUT2D eigenvalue weighted by molar-refractivity contribution is 0.163. The number of halogens is 1. The molecule has 1 N–H and O–H groups in total. The highest BCUT2D eigenvalue weighted by Gasteiger charge is 2.11. The number of ether oxygens (including phenoxy) is 1. The summed E-state index contributed by atoms with van der Waals surface area (Å²) in [7, 11) is 1.64. The van der Waals surface area contributed by atoms with Crippen LogP contribution in [0.2, 0.25) is 0 Å². The van der Waals surface area contributed by atoms with Crippen molar-refractivity contribution in [2.75, 3.05) is 7.11 Å². The number of aliphatic hydroxyl groups excluding tert-OH is 1. The van der Waals surface area contributed by atoms with Gasteiger partial charge in [0.1, 0.15) is 5.75 Å². The average Bonchev–Trinajstić information content (AvgIpc) is 2.29. The Kier molecular flexibility index (Phi) is 5.85. The van der Waals surface area contributed by atoms with Crippen LogP contribution in [0.1, 0.15) is 44.3 Å². The molecular formula is C13H19BrO2. The van der Waals surface area contributed by atoms with Crippen molar-refractivity contribution in [1.82, 2.24) is 0 Å². The lowest BCUT2D eigenvalue weighted by Gasteiger charge is -2.13. The zero-order valence-corrected chi connectivity index (χ0v) is 11.5. The Balaban J connectivity index is 2.64. The molecule has 0 aliphatic carbocycles. The van der Waals surface area contributed by atoms with Gasteiger partial charge in [0, 0.05) is 4.47 Å². The monoisotopic (exact) mass is 286 g/mol. The molecule has 1 rings (SSSR count). The van der Waals surface area contributed by atoms with Crippen molar-refractivity contribution in [2.45, 2.75) is 38.7 Å². The van der Waals surface area contributed by atoms with Crippen LogP contribution in [-0.2, 0) is 0 Å². The quantitative estimate of drug-likeness (QED) is 0.799. The second-order valence-electron chi connectivity index (χ2n) is 3.90. The van der Waals surface area contributed by atoms with Gasteiger partial charge in [-0.25, -0.2) is 0 Å². The second kappa shape index (κ2) is 6.92. The molecule has 1 aromatic carbocycles. The molecule has 1 unspecified atom stereocenters. The maximum absolute atomic E-state index is 10.0. The van der Waals surface area contributed by atoms with E-state index in [0.717, 1.165) is 28.6 Å². The number of hydrogen-bond acceptors (Lipinski definition) is 2. The Morgan fingerprint density at radius 1 is 1.38 bits per heavy atom. The number of unbranched alkanes of at least 4 members (excludes halogenated alkanes) is 2. The van der Waals surface area contributed by atoms with Gasteiger partial charge in [-0.1, -0.05) is 48.2 Å². The summed E-state index contributed by atoms with van der Waals surface area (Å²) in [4.78, 5) is 0. The molecule has 0 saturated carbocycles. The Morgan fingerprint density at radius 2 is 2.12 bits per heavy atom. The largest absolute Gasteiger partial charge is 0.497 e. The highest BCUT2D eigenvalue weighted by Crippen LogP contribution is 2.30. The third-order valence-corrected chi connectivity index (χ3v) is 3.33. The lowest BCUT2D eigenvalue weighted by atomic mass is 10.0. The molecule has 1 atom stereocenters. The number of methoxy groups -OCH3 is 1. The third kappa shape index (κ3) is 3.80. The topological polar surface area (TPSA) is 29.5 Å². The Bertz CT molecular complexity index is 326. The van der Waals surface area contributed by atoms with Crippen LogP contribution in [0.25, 0.3) is 0 Å². The van der Waals surface area contributed by atoms with E-state index in [1.807, 2.05) is 18.2 Å². The summed E-state index contributed by atoms with van der Waals surface area (Å²) in [5.74, 6) is 0.802. The van der Waals surface area contributed by atoms with Gasteiger partial charge in [-0.2, -0.15) is 0 Å². The molecule has 1 aromatic rings. The minimum Gasteiger partial charge on any atom is -0.497 e. The number of aliphatic hydroxyl groups is 1. The zero-order valence-electron chi connectivity index (χ0n) is 9.87. The molecule has 0 aliphatic heterocycles. The molecule has 16 heavy (non-hydrogen) atoms. The molecule has 0 heterocycles. The van der Waals surface area contributed by atoms with Crippen molar-refractivity contribution in [1.29, 1.82) is 0 Å². The first-order valence-corrected chi connectivity index (χ1v) is 6.49. The van der Waals surface area contributed by atoms with Crippen LogP contribution in [0.4, 0.5) is 0 Å². The summed E-state index contributed by atoms with van der Waals surface area (Å²) in [5, 5.41) is 10.0. The van der Waals surface area contributed by atoms with Gasteiger partial charge in [0.25, 0.3) is 0 Å². The highest BCUT2D eigenvalue weighted by atomic mass is 79.9. The molecule has 0 bridgehead atoms. The zero-order chi connectivity index (χ0) is 12.0. The molecular weight excluding hydrogens is 268 g/mol. The van der Waals surface area contributed by atoms with Gasteiger partial charge < -0.3 is 9.84 Å². The van der Waals surface area contributed by atoms with Gasteiger partial charge in [0.15, 0.2) is 0 Å².